The Bertz CT molecular complexity index is 717. The summed E-state index contributed by atoms with van der Waals surface area (Å²) in [5.41, 5.74) is 0.320. The van der Waals surface area contributed by atoms with Crippen LogP contribution >= 0.6 is 23.2 Å². The van der Waals surface area contributed by atoms with E-state index >= 15 is 0 Å². The third-order valence-corrected chi connectivity index (χ3v) is 3.73. The van der Waals surface area contributed by atoms with Crippen LogP contribution in [0.1, 0.15) is 19.4 Å². The molecule has 0 spiro atoms. The maximum Gasteiger partial charge on any atom is 0.307 e. The molecule has 1 aromatic heterocycles. The van der Waals surface area contributed by atoms with E-state index in [0.717, 1.165) is 6.20 Å². The lowest BCUT2D eigenvalue weighted by Crippen LogP contribution is -2.25. The monoisotopic (exact) mass is 342 g/mol. The highest BCUT2D eigenvalue weighted by molar-refractivity contribution is 6.42. The molecule has 0 bridgehead atoms. The number of carbonyl (C=O) groups is 1. The van der Waals surface area contributed by atoms with Gasteiger partial charge in [0.2, 0.25) is 5.91 Å². The fourth-order valence-corrected chi connectivity index (χ4v) is 2.18. The Hall–Kier alpha value is -2.12. The molecule has 22 heavy (non-hydrogen) atoms. The lowest BCUT2D eigenvalue weighted by molar-refractivity contribution is -0.385. The molecule has 0 aliphatic heterocycles. The topological polar surface area (TPSA) is 90.1 Å². The maximum atomic E-state index is 12.3. The molecule has 2 rings (SSSR count). The van der Waals surface area contributed by atoms with E-state index in [2.05, 4.69) is 10.4 Å². The Morgan fingerprint density at radius 1 is 1.45 bits per heavy atom. The van der Waals surface area contributed by atoms with E-state index in [1.54, 1.807) is 19.1 Å². The quantitative estimate of drug-likeness (QED) is 0.662. The molecule has 0 saturated heterocycles. The molecule has 0 aliphatic carbocycles. The lowest BCUT2D eigenvalue weighted by atomic mass is 10.2. The van der Waals surface area contributed by atoms with Crippen molar-refractivity contribution in [1.82, 2.24) is 9.78 Å². The molecule has 0 fully saturated rings. The van der Waals surface area contributed by atoms with Gasteiger partial charge < -0.3 is 5.32 Å². The van der Waals surface area contributed by atoms with Gasteiger partial charge >= 0.3 is 5.69 Å². The van der Waals surface area contributed by atoms with Crippen LogP contribution in [0.5, 0.6) is 0 Å². The van der Waals surface area contributed by atoms with Crippen molar-refractivity contribution in [2.45, 2.75) is 19.4 Å². The summed E-state index contributed by atoms with van der Waals surface area (Å²) in [4.78, 5) is 22.4. The van der Waals surface area contributed by atoms with E-state index in [0.29, 0.717) is 22.2 Å². The number of carbonyl (C=O) groups excluding carboxylic acids is 1. The third kappa shape index (κ3) is 3.55. The largest absolute Gasteiger partial charge is 0.324 e. The number of aromatic nitrogens is 2. The average Bonchev–Trinajstić information content (AvgIpc) is 2.93. The van der Waals surface area contributed by atoms with Gasteiger partial charge in [0.25, 0.3) is 0 Å². The molecule has 0 aliphatic rings. The van der Waals surface area contributed by atoms with Crippen LogP contribution in [-0.2, 0) is 4.79 Å². The summed E-state index contributed by atoms with van der Waals surface area (Å²) in [5, 5.41) is 17.9. The Labute approximate surface area is 136 Å². The van der Waals surface area contributed by atoms with Crippen molar-refractivity contribution >= 4 is 40.5 Å². The molecular weight excluding hydrogens is 331 g/mol. The van der Waals surface area contributed by atoms with Crippen molar-refractivity contribution in [1.29, 1.82) is 0 Å². The SMILES string of the molecule is CCC(C(=O)Nc1ccc(Cl)c(Cl)c1)n1cc([N+](=O)[O-])cn1. The fraction of sp³-hybridized carbons (Fsp3) is 0.231. The van der Waals surface area contributed by atoms with Crippen LogP contribution in [0.15, 0.2) is 30.6 Å². The van der Waals surface area contributed by atoms with Crippen molar-refractivity contribution in [3.05, 3.63) is 50.8 Å². The van der Waals surface area contributed by atoms with Crippen LogP contribution in [0.25, 0.3) is 0 Å². The van der Waals surface area contributed by atoms with Gasteiger partial charge in [-0.25, -0.2) is 0 Å². The molecule has 1 atom stereocenters. The average molecular weight is 343 g/mol. The minimum Gasteiger partial charge on any atom is -0.324 e. The van der Waals surface area contributed by atoms with E-state index < -0.39 is 11.0 Å². The van der Waals surface area contributed by atoms with Gasteiger partial charge in [0.1, 0.15) is 18.4 Å². The zero-order valence-corrected chi connectivity index (χ0v) is 13.0. The van der Waals surface area contributed by atoms with Crippen molar-refractivity contribution in [3.63, 3.8) is 0 Å². The molecule has 1 N–H and O–H groups in total. The molecule has 0 saturated carbocycles. The van der Waals surface area contributed by atoms with E-state index in [9.17, 15) is 14.9 Å². The molecule has 0 radical (unpaired) electrons. The zero-order valence-electron chi connectivity index (χ0n) is 11.5. The zero-order chi connectivity index (χ0) is 16.3. The highest BCUT2D eigenvalue weighted by Crippen LogP contribution is 2.26. The third-order valence-electron chi connectivity index (χ3n) is 2.99. The van der Waals surface area contributed by atoms with Gasteiger partial charge in [-0.2, -0.15) is 5.10 Å². The highest BCUT2D eigenvalue weighted by Gasteiger charge is 2.22. The summed E-state index contributed by atoms with van der Waals surface area (Å²) in [6, 6.07) is 4.05. The molecule has 9 heteroatoms. The Morgan fingerprint density at radius 3 is 2.73 bits per heavy atom. The minimum absolute atomic E-state index is 0.166. The van der Waals surface area contributed by atoms with Crippen molar-refractivity contribution in [3.8, 4) is 0 Å². The summed E-state index contributed by atoms with van der Waals surface area (Å²) in [7, 11) is 0. The van der Waals surface area contributed by atoms with E-state index in [4.69, 9.17) is 23.2 Å². The number of benzene rings is 1. The molecule has 1 aromatic carbocycles. The van der Waals surface area contributed by atoms with Gasteiger partial charge in [-0.1, -0.05) is 30.1 Å². The summed E-state index contributed by atoms with van der Waals surface area (Å²) < 4.78 is 1.27. The van der Waals surface area contributed by atoms with Gasteiger partial charge in [-0.3, -0.25) is 19.6 Å². The Morgan fingerprint density at radius 2 is 2.18 bits per heavy atom. The molecular formula is C13H12Cl2N4O3. The molecule has 1 amide bonds. The first-order valence-electron chi connectivity index (χ1n) is 6.36. The number of rotatable bonds is 5. The number of hydrogen-bond acceptors (Lipinski definition) is 4. The van der Waals surface area contributed by atoms with Crippen molar-refractivity contribution < 1.29 is 9.72 Å². The van der Waals surface area contributed by atoms with Gasteiger partial charge in [0, 0.05) is 5.69 Å². The standard InChI is InChI=1S/C13H12Cl2N4O3/c1-2-12(18-7-9(6-16-18)19(21)22)13(20)17-8-3-4-10(14)11(15)5-8/h3-7,12H,2H2,1H3,(H,17,20). The summed E-state index contributed by atoms with van der Waals surface area (Å²) >= 11 is 11.7. The molecule has 2 aromatic rings. The number of nitrogens with one attached hydrogen (secondary N) is 1. The number of nitrogens with zero attached hydrogens (tertiary/aromatic N) is 3. The first-order chi connectivity index (χ1) is 10.4. The summed E-state index contributed by atoms with van der Waals surface area (Å²) in [6.45, 7) is 1.78. The van der Waals surface area contributed by atoms with Crippen LogP contribution in [0.2, 0.25) is 10.0 Å². The number of hydrogen-bond donors (Lipinski definition) is 1. The van der Waals surface area contributed by atoms with Crippen LogP contribution in [0.3, 0.4) is 0 Å². The van der Waals surface area contributed by atoms with Crippen molar-refractivity contribution in [2.24, 2.45) is 0 Å². The minimum atomic E-state index is -0.664. The van der Waals surface area contributed by atoms with E-state index in [1.807, 2.05) is 0 Å². The highest BCUT2D eigenvalue weighted by atomic mass is 35.5. The number of anilines is 1. The second kappa shape index (κ2) is 6.76. The van der Waals surface area contributed by atoms with Crippen LogP contribution < -0.4 is 5.32 Å². The maximum absolute atomic E-state index is 12.3. The van der Waals surface area contributed by atoms with Gasteiger partial charge in [0.15, 0.2) is 0 Å². The summed E-state index contributed by atoms with van der Waals surface area (Å²) in [6.07, 6.45) is 2.75. The van der Waals surface area contributed by atoms with E-state index in [1.165, 1.54) is 16.9 Å². The smallest absolute Gasteiger partial charge is 0.307 e. The summed E-state index contributed by atoms with van der Waals surface area (Å²) in [5.74, 6) is -0.348. The van der Waals surface area contributed by atoms with Crippen LogP contribution in [-0.4, -0.2) is 20.6 Å². The molecule has 1 heterocycles. The predicted molar refractivity (Wildman–Crippen MR) is 83.3 cm³/mol. The molecule has 1 unspecified atom stereocenters. The molecule has 7 nitrogen and oxygen atoms in total. The second-order valence-corrected chi connectivity index (χ2v) is 5.29. The predicted octanol–water partition coefficient (Wildman–Crippen LogP) is 3.69. The first-order valence-corrected chi connectivity index (χ1v) is 7.12. The normalized spacial score (nSPS) is 12.0. The van der Waals surface area contributed by atoms with Crippen LogP contribution in [0, 0.1) is 10.1 Å². The van der Waals surface area contributed by atoms with Crippen LogP contribution in [0.4, 0.5) is 11.4 Å². The first kappa shape index (κ1) is 16.3. The van der Waals surface area contributed by atoms with E-state index in [-0.39, 0.29) is 11.6 Å². The number of amides is 1. The van der Waals surface area contributed by atoms with Gasteiger partial charge in [-0.15, -0.1) is 0 Å². The molecule has 116 valence electrons. The van der Waals surface area contributed by atoms with Gasteiger partial charge in [-0.05, 0) is 24.6 Å². The number of nitro groups is 1. The fourth-order valence-electron chi connectivity index (χ4n) is 1.88. The Kier molecular flexibility index (Phi) is 4.99. The Balaban J connectivity index is 2.17. The second-order valence-electron chi connectivity index (χ2n) is 4.48. The van der Waals surface area contributed by atoms with Gasteiger partial charge in [0.05, 0.1) is 15.0 Å². The number of halogens is 2. The van der Waals surface area contributed by atoms with Crippen molar-refractivity contribution in [2.75, 3.05) is 5.32 Å². The lowest BCUT2D eigenvalue weighted by Gasteiger charge is -2.15.